The van der Waals surface area contributed by atoms with Gasteiger partial charge >= 0.3 is 0 Å². The Morgan fingerprint density at radius 3 is 1.94 bits per heavy atom. The molecule has 17 heavy (non-hydrogen) atoms. The number of hydrogen-bond donors (Lipinski definition) is 0. The third kappa shape index (κ3) is 2.07. The molecule has 0 amide bonds. The van der Waals surface area contributed by atoms with Gasteiger partial charge in [0, 0.05) is 24.5 Å². The molecule has 98 valence electrons. The van der Waals surface area contributed by atoms with Crippen molar-refractivity contribution in [2.45, 2.75) is 60.4 Å². The van der Waals surface area contributed by atoms with Crippen LogP contribution in [0.3, 0.4) is 0 Å². The Morgan fingerprint density at radius 2 is 1.53 bits per heavy atom. The molecule has 2 rings (SSSR count). The molecule has 0 atom stereocenters. The molecule has 1 spiro atoms. The predicted octanol–water partition coefficient (Wildman–Crippen LogP) is 4.10. The second-order valence-corrected chi connectivity index (χ2v) is 7.03. The summed E-state index contributed by atoms with van der Waals surface area (Å²) in [6, 6.07) is 0.720. The largest absolute Gasteiger partial charge is 0.299 e. The maximum atomic E-state index is 2.63. The zero-order chi connectivity index (χ0) is 12.8. The molecule has 0 unspecified atom stereocenters. The van der Waals surface area contributed by atoms with Gasteiger partial charge in [0.25, 0.3) is 0 Å². The summed E-state index contributed by atoms with van der Waals surface area (Å²) in [6.07, 6.45) is 2.77. The first kappa shape index (κ1) is 13.1. The van der Waals surface area contributed by atoms with Gasteiger partial charge in [-0.05, 0) is 38.5 Å². The lowest BCUT2D eigenvalue weighted by molar-refractivity contribution is 0.000971. The van der Waals surface area contributed by atoms with Crippen molar-refractivity contribution in [2.75, 3.05) is 13.1 Å². The van der Waals surface area contributed by atoms with Crippen LogP contribution in [0.5, 0.6) is 0 Å². The highest BCUT2D eigenvalue weighted by molar-refractivity contribution is 5.34. The van der Waals surface area contributed by atoms with Crippen LogP contribution in [0.15, 0.2) is 11.1 Å². The Hall–Kier alpha value is -0.300. The van der Waals surface area contributed by atoms with E-state index in [1.807, 2.05) is 5.57 Å². The molecule has 0 aromatic rings. The first-order valence-corrected chi connectivity index (χ1v) is 7.35. The van der Waals surface area contributed by atoms with Crippen molar-refractivity contribution in [3.05, 3.63) is 11.1 Å². The monoisotopic (exact) mass is 235 g/mol. The van der Waals surface area contributed by atoms with Gasteiger partial charge in [0.15, 0.2) is 0 Å². The van der Waals surface area contributed by atoms with Gasteiger partial charge in [0.2, 0.25) is 0 Å². The second-order valence-electron chi connectivity index (χ2n) is 7.03. The maximum absolute atomic E-state index is 2.63. The Balaban J connectivity index is 2.21. The van der Waals surface area contributed by atoms with Gasteiger partial charge in [-0.3, -0.25) is 4.90 Å². The molecule has 1 aliphatic carbocycles. The topological polar surface area (TPSA) is 3.24 Å². The van der Waals surface area contributed by atoms with E-state index >= 15 is 0 Å². The lowest BCUT2D eigenvalue weighted by atomic mass is 9.69. The van der Waals surface area contributed by atoms with Crippen LogP contribution in [0.2, 0.25) is 0 Å². The first-order chi connectivity index (χ1) is 7.87. The van der Waals surface area contributed by atoms with Crippen LogP contribution in [0.4, 0.5) is 0 Å². The predicted molar refractivity (Wildman–Crippen MR) is 75.1 cm³/mol. The van der Waals surface area contributed by atoms with E-state index in [4.69, 9.17) is 0 Å². The Kier molecular flexibility index (Phi) is 3.42. The van der Waals surface area contributed by atoms with Crippen molar-refractivity contribution in [1.29, 1.82) is 0 Å². The molecule has 1 saturated heterocycles. The normalized spacial score (nSPS) is 24.5. The SMILES string of the molecule is CC(C)C1=C(C(C)C)C2(CC1)CN(C(C)C)C2. The van der Waals surface area contributed by atoms with Gasteiger partial charge in [0.1, 0.15) is 0 Å². The van der Waals surface area contributed by atoms with Gasteiger partial charge < -0.3 is 0 Å². The summed E-state index contributed by atoms with van der Waals surface area (Å²) >= 11 is 0. The smallest absolute Gasteiger partial charge is 0.0175 e. The van der Waals surface area contributed by atoms with Crippen molar-refractivity contribution >= 4 is 0 Å². The van der Waals surface area contributed by atoms with Gasteiger partial charge in [-0.1, -0.05) is 38.8 Å². The molecule has 1 fully saturated rings. The molecule has 2 aliphatic rings. The summed E-state index contributed by atoms with van der Waals surface area (Å²) in [5, 5.41) is 0. The van der Waals surface area contributed by atoms with E-state index in [9.17, 15) is 0 Å². The third-order valence-electron chi connectivity index (χ3n) is 4.81. The van der Waals surface area contributed by atoms with Crippen LogP contribution in [-0.2, 0) is 0 Å². The van der Waals surface area contributed by atoms with Crippen LogP contribution in [0.25, 0.3) is 0 Å². The van der Waals surface area contributed by atoms with Gasteiger partial charge in [-0.2, -0.15) is 0 Å². The highest BCUT2D eigenvalue weighted by Gasteiger charge is 2.50. The van der Waals surface area contributed by atoms with Crippen LogP contribution in [-0.4, -0.2) is 24.0 Å². The summed E-state index contributed by atoms with van der Waals surface area (Å²) in [5.74, 6) is 1.49. The highest BCUT2D eigenvalue weighted by atomic mass is 15.2. The highest BCUT2D eigenvalue weighted by Crippen LogP contribution is 2.53. The fourth-order valence-corrected chi connectivity index (χ4v) is 3.99. The molecule has 1 aliphatic heterocycles. The molecule has 0 N–H and O–H groups in total. The van der Waals surface area contributed by atoms with Gasteiger partial charge in [-0.25, -0.2) is 0 Å². The van der Waals surface area contributed by atoms with Crippen molar-refractivity contribution < 1.29 is 0 Å². The maximum Gasteiger partial charge on any atom is 0.0175 e. The molecular formula is C16H29N. The van der Waals surface area contributed by atoms with E-state index in [1.165, 1.54) is 25.9 Å². The van der Waals surface area contributed by atoms with Crippen molar-refractivity contribution in [3.63, 3.8) is 0 Å². The minimum atomic E-state index is 0.567. The van der Waals surface area contributed by atoms with E-state index in [0.717, 1.165) is 17.9 Å². The van der Waals surface area contributed by atoms with E-state index in [1.54, 1.807) is 5.57 Å². The number of nitrogens with zero attached hydrogens (tertiary/aromatic N) is 1. The van der Waals surface area contributed by atoms with Crippen molar-refractivity contribution in [1.82, 2.24) is 4.90 Å². The molecule has 1 nitrogen and oxygen atoms in total. The fourth-order valence-electron chi connectivity index (χ4n) is 3.99. The zero-order valence-electron chi connectivity index (χ0n) is 12.5. The molecular weight excluding hydrogens is 206 g/mol. The third-order valence-corrected chi connectivity index (χ3v) is 4.81. The lowest BCUT2D eigenvalue weighted by Crippen LogP contribution is -2.59. The van der Waals surface area contributed by atoms with Gasteiger partial charge in [0.05, 0.1) is 0 Å². The average Bonchev–Trinajstić information content (AvgIpc) is 2.53. The average molecular weight is 235 g/mol. The molecule has 0 radical (unpaired) electrons. The molecule has 0 bridgehead atoms. The number of hydrogen-bond acceptors (Lipinski definition) is 1. The van der Waals surface area contributed by atoms with Gasteiger partial charge in [-0.15, -0.1) is 0 Å². The second kappa shape index (κ2) is 4.42. The van der Waals surface area contributed by atoms with Crippen molar-refractivity contribution in [3.8, 4) is 0 Å². The van der Waals surface area contributed by atoms with E-state index in [2.05, 4.69) is 46.4 Å². The summed E-state index contributed by atoms with van der Waals surface area (Å²) in [5.41, 5.74) is 4.17. The van der Waals surface area contributed by atoms with Crippen LogP contribution < -0.4 is 0 Å². The number of likely N-dealkylation sites (tertiary alicyclic amines) is 1. The Bertz CT molecular complexity index is 316. The fraction of sp³-hybridized carbons (Fsp3) is 0.875. The standard InChI is InChI=1S/C16H29N/c1-11(2)14-7-8-16(15(14)12(3)4)9-17(10-16)13(5)6/h11-13H,7-10H2,1-6H3. The molecule has 1 heteroatoms. The Morgan fingerprint density at radius 1 is 0.941 bits per heavy atom. The number of rotatable bonds is 3. The minimum absolute atomic E-state index is 0.567. The number of allylic oxidation sites excluding steroid dienone is 1. The summed E-state index contributed by atoms with van der Waals surface area (Å²) < 4.78 is 0. The van der Waals surface area contributed by atoms with E-state index in [-0.39, 0.29) is 0 Å². The lowest BCUT2D eigenvalue weighted by Gasteiger charge is -2.53. The van der Waals surface area contributed by atoms with E-state index < -0.39 is 0 Å². The quantitative estimate of drug-likeness (QED) is 0.666. The molecule has 0 saturated carbocycles. The summed E-state index contributed by atoms with van der Waals surface area (Å²) in [6.45, 7) is 16.8. The molecule has 0 aromatic heterocycles. The molecule has 0 aromatic carbocycles. The first-order valence-electron chi connectivity index (χ1n) is 7.35. The Labute approximate surface area is 107 Å². The molecule has 1 heterocycles. The van der Waals surface area contributed by atoms with Crippen LogP contribution in [0.1, 0.15) is 54.4 Å². The zero-order valence-corrected chi connectivity index (χ0v) is 12.5. The minimum Gasteiger partial charge on any atom is -0.299 e. The van der Waals surface area contributed by atoms with Crippen LogP contribution >= 0.6 is 0 Å². The van der Waals surface area contributed by atoms with Crippen LogP contribution in [0, 0.1) is 17.3 Å². The van der Waals surface area contributed by atoms with E-state index in [0.29, 0.717) is 5.41 Å². The summed E-state index contributed by atoms with van der Waals surface area (Å²) in [7, 11) is 0. The van der Waals surface area contributed by atoms with Crippen molar-refractivity contribution in [2.24, 2.45) is 17.3 Å². The summed E-state index contributed by atoms with van der Waals surface area (Å²) in [4.78, 5) is 2.63.